The molecule has 0 spiro atoms. The van der Waals surface area contributed by atoms with Crippen LogP contribution in [0.4, 0.5) is 47.1 Å². The normalized spacial score (nSPS) is 12.2. The van der Waals surface area contributed by atoms with E-state index in [1.165, 1.54) is 48.7 Å². The molecule has 0 radical (unpaired) electrons. The Hall–Kier alpha value is -1.01. The number of rotatable bonds is 27. The SMILES string of the molecule is O=S(=O)([O-])CCNc1nc(NCC(O)CO)nc(Nc2ccc(C=Cc3ccc(Nc4nc(N=CCSOO[O-])nc(NCC(O)CO)n4)cc3S(=O)(=O)[O-])c(SOO[O-])c2)n1.[Na+].[Na+].[Na+].[Na+]. The first kappa shape index (κ1) is 65.0. The van der Waals surface area contributed by atoms with Gasteiger partial charge in [0.2, 0.25) is 29.7 Å². The maximum atomic E-state index is 12.5. The standard InChI is InChI=1S/C30H38N12O16S4.4Na/c43-15-21(45)13-33-27-37-25(31-7-9-59-57-55-47)39-30(42-27)36-20-6-4-18(24(12-20)62(52,53)54)2-1-17-3-5-19(11-23(17)60-58-56-48)35-29-40-26(32-8-10-61(49,50)51)38-28(41-29)34-14-22(46)16-44;;;;/h1-7,11-12,21-22,43-48H,8-10,13-16H2,(H,49,50,51)(H,52,53,54)(H2,33,36,37,39,42)(H3,32,34,35,38,40,41);;;;/q;4*+1/p-4. The number of hydrogen-bond donors (Lipinski definition) is 9. The number of nitrogens with one attached hydrogen (secondary N) is 5. The molecule has 0 aliphatic heterocycles. The van der Waals surface area contributed by atoms with Crippen LogP contribution >= 0.6 is 24.1 Å². The molecule has 0 aliphatic carbocycles. The van der Waals surface area contributed by atoms with Crippen LogP contribution in [-0.2, 0) is 39.0 Å². The zero-order valence-corrected chi connectivity index (χ0v) is 46.5. The first-order valence-electron chi connectivity index (χ1n) is 17.0. The van der Waals surface area contributed by atoms with Gasteiger partial charge in [-0.2, -0.15) is 38.6 Å². The van der Waals surface area contributed by atoms with Gasteiger partial charge in [-0.15, -0.1) is 0 Å². The van der Waals surface area contributed by atoms with E-state index in [2.05, 4.69) is 80.2 Å². The molecule has 0 bridgehead atoms. The minimum absolute atomic E-state index is 0. The van der Waals surface area contributed by atoms with Crippen molar-refractivity contribution in [2.45, 2.75) is 22.0 Å². The van der Waals surface area contributed by atoms with Crippen LogP contribution in [0.2, 0.25) is 0 Å². The topological polar surface area (TPSA) is 428 Å². The van der Waals surface area contributed by atoms with Crippen molar-refractivity contribution in [2.24, 2.45) is 4.99 Å². The Balaban J connectivity index is 0.0000106. The Morgan fingerprint density at radius 1 is 0.697 bits per heavy atom. The molecule has 4 rings (SSSR count). The molecule has 4 aromatic rings. The van der Waals surface area contributed by atoms with E-state index in [9.17, 15) is 46.7 Å². The van der Waals surface area contributed by atoms with Crippen LogP contribution in [0.25, 0.3) is 12.2 Å². The predicted molar refractivity (Wildman–Crippen MR) is 213 cm³/mol. The van der Waals surface area contributed by atoms with Gasteiger partial charge in [0.05, 0.1) is 64.0 Å². The third-order valence-corrected chi connectivity index (χ3v) is 9.83. The Kier molecular flexibility index (Phi) is 33.0. The zero-order valence-electron chi connectivity index (χ0n) is 35.3. The van der Waals surface area contributed by atoms with Crippen LogP contribution in [0.1, 0.15) is 11.1 Å². The van der Waals surface area contributed by atoms with Crippen molar-refractivity contribution in [2.75, 3.05) is 70.9 Å². The molecule has 2 aromatic heterocycles. The molecule has 28 nitrogen and oxygen atoms in total. The number of aromatic nitrogens is 6. The van der Waals surface area contributed by atoms with Crippen LogP contribution < -0.4 is 155 Å². The maximum absolute atomic E-state index is 12.5. The molecule has 2 heterocycles. The molecule has 9 N–H and O–H groups in total. The fourth-order valence-electron chi connectivity index (χ4n) is 4.46. The summed E-state index contributed by atoms with van der Waals surface area (Å²) in [5.41, 5.74) is 0.517. The second kappa shape index (κ2) is 33.6. The molecule has 0 aliphatic rings. The van der Waals surface area contributed by atoms with Crippen LogP contribution in [0, 0.1) is 0 Å². The molecule has 36 heteroatoms. The summed E-state index contributed by atoms with van der Waals surface area (Å²) in [5.74, 6) is -1.70. The Labute approximate surface area is 473 Å². The quantitative estimate of drug-likeness (QED) is 0.00391. The van der Waals surface area contributed by atoms with Crippen molar-refractivity contribution in [3.63, 3.8) is 0 Å². The van der Waals surface area contributed by atoms with E-state index < -0.39 is 56.3 Å². The van der Waals surface area contributed by atoms with Gasteiger partial charge in [0.25, 0.3) is 5.95 Å². The zero-order chi connectivity index (χ0) is 45.1. The summed E-state index contributed by atoms with van der Waals surface area (Å²) >= 11 is 1.06. The number of anilines is 7. The third-order valence-electron chi connectivity index (χ3n) is 7.14. The second-order valence-electron chi connectivity index (χ2n) is 11.7. The summed E-state index contributed by atoms with van der Waals surface area (Å²) in [6.45, 7) is -1.88. The molecule has 66 heavy (non-hydrogen) atoms. The molecule has 0 saturated carbocycles. The number of nitrogens with zero attached hydrogens (tertiary/aromatic N) is 7. The van der Waals surface area contributed by atoms with Gasteiger partial charge in [-0.05, 0) is 35.4 Å². The fourth-order valence-corrected chi connectivity index (χ4v) is 6.24. The average molecular weight is 1040 g/mol. The van der Waals surface area contributed by atoms with E-state index in [0.29, 0.717) is 29.6 Å². The van der Waals surface area contributed by atoms with E-state index in [4.69, 9.17) is 10.2 Å². The molecule has 2 atom stereocenters. The molecular weight excluding hydrogens is 1000 g/mol. The number of hydrogen-bond acceptors (Lipinski definition) is 30. The average Bonchev–Trinajstić information content (AvgIpc) is 3.22. The number of aliphatic imine (C=N–C) groups is 1. The monoisotopic (exact) mass is 1040 g/mol. The number of aliphatic hydroxyl groups excluding tert-OH is 4. The molecular formula is C30H34N12Na4O16S4. The first-order chi connectivity index (χ1) is 29.6. The number of benzene rings is 2. The second-order valence-corrected chi connectivity index (χ2v) is 16.0. The minimum Gasteiger partial charge on any atom is -0.748 e. The van der Waals surface area contributed by atoms with E-state index in [1.54, 1.807) is 0 Å². The van der Waals surface area contributed by atoms with Gasteiger partial charge >= 0.3 is 118 Å². The van der Waals surface area contributed by atoms with E-state index in [1.807, 2.05) is 0 Å². The molecule has 0 amide bonds. The maximum Gasteiger partial charge on any atom is 1.00 e. The summed E-state index contributed by atoms with van der Waals surface area (Å²) in [5, 5.41) is 78.8. The fraction of sp³-hybridized carbons (Fsp3) is 0.300. The first-order valence-corrected chi connectivity index (χ1v) is 21.7. The molecule has 2 unspecified atom stereocenters. The molecule has 338 valence electrons. The summed E-state index contributed by atoms with van der Waals surface area (Å²) in [7, 11) is -9.71. The Morgan fingerprint density at radius 3 is 1.76 bits per heavy atom. The van der Waals surface area contributed by atoms with Crippen LogP contribution in [0.3, 0.4) is 0 Å². The predicted octanol–water partition coefficient (Wildman–Crippen LogP) is -14.1. The Morgan fingerprint density at radius 2 is 1.20 bits per heavy atom. The van der Waals surface area contributed by atoms with Crippen molar-refractivity contribution in [1.29, 1.82) is 0 Å². The van der Waals surface area contributed by atoms with Crippen LogP contribution in [0.15, 0.2) is 51.2 Å². The van der Waals surface area contributed by atoms with E-state index >= 15 is 0 Å². The van der Waals surface area contributed by atoms with E-state index in [-0.39, 0.29) is 201 Å². The largest absolute Gasteiger partial charge is 1.00 e. The summed E-state index contributed by atoms with van der Waals surface area (Å²) in [4.78, 5) is 28.2. The van der Waals surface area contributed by atoms with Gasteiger partial charge in [0.1, 0.15) is 10.1 Å². The van der Waals surface area contributed by atoms with Gasteiger partial charge in [-0.3, -0.25) is 10.1 Å². The van der Waals surface area contributed by atoms with Crippen LogP contribution in [-0.4, -0.2) is 139 Å². The van der Waals surface area contributed by atoms with Gasteiger partial charge in [0.15, 0.2) is 0 Å². The summed E-state index contributed by atoms with van der Waals surface area (Å²) in [6.07, 6.45) is 1.57. The molecule has 2 aromatic carbocycles. The van der Waals surface area contributed by atoms with Gasteiger partial charge in [-0.1, -0.05) is 24.3 Å². The van der Waals surface area contributed by atoms with Crippen molar-refractivity contribution >= 4 is 110 Å². The van der Waals surface area contributed by atoms with Crippen molar-refractivity contribution in [3.05, 3.63) is 47.5 Å². The van der Waals surface area contributed by atoms with Gasteiger partial charge < -0.3 is 66.6 Å². The van der Waals surface area contributed by atoms with E-state index in [0.717, 1.165) is 6.07 Å². The molecule has 0 fully saturated rings. The Bertz CT molecular complexity index is 2390. The minimum atomic E-state index is -5.14. The van der Waals surface area contributed by atoms with Crippen molar-refractivity contribution < 1.29 is 194 Å². The summed E-state index contributed by atoms with van der Waals surface area (Å²) < 4.78 is 79.3. The van der Waals surface area contributed by atoms with Gasteiger partial charge in [-0.25, -0.2) is 21.8 Å². The van der Waals surface area contributed by atoms with Crippen molar-refractivity contribution in [1.82, 2.24) is 29.9 Å². The summed E-state index contributed by atoms with van der Waals surface area (Å²) in [6, 6.07) is 8.11. The van der Waals surface area contributed by atoms with Crippen LogP contribution in [0.5, 0.6) is 0 Å². The van der Waals surface area contributed by atoms with Crippen molar-refractivity contribution in [3.8, 4) is 0 Å². The third kappa shape index (κ3) is 24.2. The smallest absolute Gasteiger partial charge is 0.748 e. The molecule has 0 saturated heterocycles. The van der Waals surface area contributed by atoms with Gasteiger partial charge in [0, 0.05) is 54.2 Å². The number of aliphatic hydroxyl groups is 4.